The molecule has 17 heavy (non-hydrogen) atoms. The maximum atomic E-state index is 3.72. The molecule has 1 aromatic heterocycles. The average Bonchev–Trinajstić information content (AvgIpc) is 2.78. The molecule has 2 nitrogen and oxygen atoms in total. The number of nitrogens with one attached hydrogen (secondary N) is 1. The third kappa shape index (κ3) is 5.02. The van der Waals surface area contributed by atoms with Gasteiger partial charge in [0, 0.05) is 36.6 Å². The second-order valence-corrected chi connectivity index (χ2v) is 5.67. The Morgan fingerprint density at radius 3 is 2.76 bits per heavy atom. The van der Waals surface area contributed by atoms with Gasteiger partial charge in [0.1, 0.15) is 0 Å². The summed E-state index contributed by atoms with van der Waals surface area (Å²) < 4.78 is 0. The zero-order valence-corrected chi connectivity index (χ0v) is 12.0. The van der Waals surface area contributed by atoms with E-state index >= 15 is 0 Å². The molecule has 0 aliphatic carbocycles. The van der Waals surface area contributed by atoms with Gasteiger partial charge >= 0.3 is 0 Å². The smallest absolute Gasteiger partial charge is 0.0333 e. The van der Waals surface area contributed by atoms with Gasteiger partial charge in [0.05, 0.1) is 0 Å². The highest BCUT2D eigenvalue weighted by atomic mass is 32.1. The van der Waals surface area contributed by atoms with Crippen LogP contribution in [0.5, 0.6) is 0 Å². The Bertz CT molecular complexity index is 306. The molecule has 96 valence electrons. The third-order valence-electron chi connectivity index (χ3n) is 2.88. The number of nitrogens with zero attached hydrogens (tertiary/aromatic N) is 1. The number of hydrogen-bond donors (Lipinski definition) is 1. The van der Waals surface area contributed by atoms with Crippen molar-refractivity contribution in [3.05, 3.63) is 35.0 Å². The molecule has 0 amide bonds. The Morgan fingerprint density at radius 1 is 1.47 bits per heavy atom. The van der Waals surface area contributed by atoms with Gasteiger partial charge in [-0.15, -0.1) is 17.9 Å². The van der Waals surface area contributed by atoms with Crippen LogP contribution < -0.4 is 5.32 Å². The molecule has 0 aliphatic heterocycles. The van der Waals surface area contributed by atoms with E-state index in [1.165, 1.54) is 4.88 Å². The van der Waals surface area contributed by atoms with Gasteiger partial charge < -0.3 is 5.32 Å². The maximum absolute atomic E-state index is 3.72. The van der Waals surface area contributed by atoms with Gasteiger partial charge in [0.15, 0.2) is 0 Å². The van der Waals surface area contributed by atoms with Crippen LogP contribution in [0.4, 0.5) is 0 Å². The van der Waals surface area contributed by atoms with E-state index in [4.69, 9.17) is 0 Å². The van der Waals surface area contributed by atoms with Crippen LogP contribution in [0.2, 0.25) is 0 Å². The van der Waals surface area contributed by atoms with Crippen molar-refractivity contribution in [3.8, 4) is 0 Å². The van der Waals surface area contributed by atoms with E-state index in [1.807, 2.05) is 17.4 Å². The largest absolute Gasteiger partial charge is 0.312 e. The fraction of sp³-hybridized carbons (Fsp3) is 0.571. The second-order valence-electron chi connectivity index (χ2n) is 4.64. The second kappa shape index (κ2) is 7.64. The first-order valence-electron chi connectivity index (χ1n) is 6.25. The Kier molecular flexibility index (Phi) is 6.48. The minimum atomic E-state index is 0.539. The van der Waals surface area contributed by atoms with Gasteiger partial charge in [-0.25, -0.2) is 0 Å². The predicted molar refractivity (Wildman–Crippen MR) is 77.5 cm³/mol. The molecule has 0 bridgehead atoms. The lowest BCUT2D eigenvalue weighted by Gasteiger charge is -2.32. The molecule has 0 fully saturated rings. The predicted octanol–water partition coefficient (Wildman–Crippen LogP) is 3.12. The molecule has 0 aliphatic rings. The maximum Gasteiger partial charge on any atom is 0.0333 e. The van der Waals surface area contributed by atoms with Gasteiger partial charge in [-0.2, -0.15) is 0 Å². The average molecular weight is 252 g/mol. The lowest BCUT2D eigenvalue weighted by molar-refractivity contribution is 0.154. The summed E-state index contributed by atoms with van der Waals surface area (Å²) in [7, 11) is 0. The molecule has 3 heteroatoms. The quantitative estimate of drug-likeness (QED) is 0.565. The van der Waals surface area contributed by atoms with Crippen LogP contribution in [-0.4, -0.2) is 30.1 Å². The Balaban J connectivity index is 2.49. The summed E-state index contributed by atoms with van der Waals surface area (Å²) in [4.78, 5) is 3.97. The molecule has 1 N–H and O–H groups in total. The highest BCUT2D eigenvalue weighted by Crippen LogP contribution is 2.16. The summed E-state index contributed by atoms with van der Waals surface area (Å²) in [5, 5.41) is 5.54. The van der Waals surface area contributed by atoms with Crippen molar-refractivity contribution < 1.29 is 0 Å². The first kappa shape index (κ1) is 14.4. The summed E-state index contributed by atoms with van der Waals surface area (Å²) >= 11 is 1.84. The molecule has 1 heterocycles. The normalized spacial score (nSPS) is 13.2. The van der Waals surface area contributed by atoms with Crippen molar-refractivity contribution in [2.75, 3.05) is 13.1 Å². The number of thiophene rings is 1. The van der Waals surface area contributed by atoms with E-state index in [0.717, 1.165) is 19.6 Å². The third-order valence-corrected chi connectivity index (χ3v) is 3.74. The molecule has 1 atom stereocenters. The fourth-order valence-electron chi connectivity index (χ4n) is 1.94. The molecule has 1 aromatic rings. The van der Waals surface area contributed by atoms with E-state index in [0.29, 0.717) is 12.1 Å². The molecule has 1 rings (SSSR count). The molecule has 1 unspecified atom stereocenters. The lowest BCUT2D eigenvalue weighted by Crippen LogP contribution is -2.43. The number of hydrogen-bond acceptors (Lipinski definition) is 3. The Hall–Kier alpha value is -0.640. The SMILES string of the molecule is C=CCNCC(C)N(Cc1cccs1)C(C)C. The van der Waals surface area contributed by atoms with Crippen LogP contribution in [-0.2, 0) is 6.54 Å². The van der Waals surface area contributed by atoms with Crippen LogP contribution >= 0.6 is 11.3 Å². The standard InChI is InChI=1S/C14H24N2S/c1-5-8-15-10-13(4)16(12(2)3)11-14-7-6-9-17-14/h5-7,9,12-13,15H,1,8,10-11H2,2-4H3. The van der Waals surface area contributed by atoms with Gasteiger partial charge in [-0.05, 0) is 32.2 Å². The Morgan fingerprint density at radius 2 is 2.24 bits per heavy atom. The van der Waals surface area contributed by atoms with Crippen LogP contribution in [0.25, 0.3) is 0 Å². The van der Waals surface area contributed by atoms with Crippen LogP contribution in [0, 0.1) is 0 Å². The molecular formula is C14H24N2S. The fourth-order valence-corrected chi connectivity index (χ4v) is 2.65. The molecule has 0 saturated carbocycles. The van der Waals surface area contributed by atoms with Crippen molar-refractivity contribution in [2.24, 2.45) is 0 Å². The number of rotatable bonds is 8. The van der Waals surface area contributed by atoms with E-state index in [9.17, 15) is 0 Å². The van der Waals surface area contributed by atoms with Gasteiger partial charge in [-0.1, -0.05) is 12.1 Å². The minimum absolute atomic E-state index is 0.539. The van der Waals surface area contributed by atoms with Crippen molar-refractivity contribution >= 4 is 11.3 Å². The summed E-state index contributed by atoms with van der Waals surface area (Å²) in [5.41, 5.74) is 0. The molecule has 0 spiro atoms. The zero-order chi connectivity index (χ0) is 12.7. The van der Waals surface area contributed by atoms with Crippen molar-refractivity contribution in [2.45, 2.75) is 39.4 Å². The molecular weight excluding hydrogens is 228 g/mol. The summed E-state index contributed by atoms with van der Waals surface area (Å²) in [6.07, 6.45) is 1.91. The van der Waals surface area contributed by atoms with Crippen LogP contribution in [0.3, 0.4) is 0 Å². The summed E-state index contributed by atoms with van der Waals surface area (Å²) in [6.45, 7) is 13.5. The van der Waals surface area contributed by atoms with Crippen molar-refractivity contribution in [1.29, 1.82) is 0 Å². The molecule has 0 aromatic carbocycles. The zero-order valence-electron chi connectivity index (χ0n) is 11.1. The van der Waals surface area contributed by atoms with Gasteiger partial charge in [0.25, 0.3) is 0 Å². The molecule has 0 saturated heterocycles. The minimum Gasteiger partial charge on any atom is -0.312 e. The highest BCUT2D eigenvalue weighted by molar-refractivity contribution is 7.09. The summed E-state index contributed by atoms with van der Waals surface area (Å²) in [5.74, 6) is 0. The van der Waals surface area contributed by atoms with Crippen molar-refractivity contribution in [1.82, 2.24) is 10.2 Å². The summed E-state index contributed by atoms with van der Waals surface area (Å²) in [6, 6.07) is 5.44. The first-order valence-corrected chi connectivity index (χ1v) is 7.12. The van der Waals surface area contributed by atoms with E-state index < -0.39 is 0 Å². The monoisotopic (exact) mass is 252 g/mol. The van der Waals surface area contributed by atoms with Crippen LogP contribution in [0.1, 0.15) is 25.6 Å². The van der Waals surface area contributed by atoms with Gasteiger partial charge in [0.2, 0.25) is 0 Å². The lowest BCUT2D eigenvalue weighted by atomic mass is 10.2. The first-order chi connectivity index (χ1) is 8.15. The van der Waals surface area contributed by atoms with E-state index in [2.05, 4.69) is 55.1 Å². The highest BCUT2D eigenvalue weighted by Gasteiger charge is 2.17. The van der Waals surface area contributed by atoms with Gasteiger partial charge in [-0.3, -0.25) is 4.90 Å². The van der Waals surface area contributed by atoms with E-state index in [-0.39, 0.29) is 0 Å². The van der Waals surface area contributed by atoms with Crippen LogP contribution in [0.15, 0.2) is 30.2 Å². The topological polar surface area (TPSA) is 15.3 Å². The van der Waals surface area contributed by atoms with E-state index in [1.54, 1.807) is 0 Å². The molecule has 0 radical (unpaired) electrons. The van der Waals surface area contributed by atoms with Crippen molar-refractivity contribution in [3.63, 3.8) is 0 Å². The Labute approximate surface area is 109 Å².